The summed E-state index contributed by atoms with van der Waals surface area (Å²) in [6.07, 6.45) is 12.0. The summed E-state index contributed by atoms with van der Waals surface area (Å²) in [5, 5.41) is 0.684. The largest absolute Gasteiger partial charge is 0.378 e. The molecule has 1 aromatic heterocycles. The van der Waals surface area contributed by atoms with E-state index in [1.807, 2.05) is 25.7 Å². The Morgan fingerprint density at radius 1 is 0.951 bits per heavy atom. The number of nitrogens with zero attached hydrogens (tertiary/aromatic N) is 2. The highest BCUT2D eigenvalue weighted by atomic mass is 32.2. The molecule has 0 unspecified atom stereocenters. The van der Waals surface area contributed by atoms with E-state index in [9.17, 15) is 27.6 Å². The van der Waals surface area contributed by atoms with Crippen molar-refractivity contribution in [3.8, 4) is 0 Å². The van der Waals surface area contributed by atoms with Crippen LogP contribution in [0.5, 0.6) is 0 Å². The number of carbonyl (C=O) groups is 5. The smallest absolute Gasteiger partial charge is 0.266 e. The summed E-state index contributed by atoms with van der Waals surface area (Å²) in [4.78, 5) is 79.3. The highest BCUT2D eigenvalue weighted by Crippen LogP contribution is 2.88. The lowest BCUT2D eigenvalue weighted by molar-refractivity contribution is -0.147. The molecule has 13 heteroatoms. The number of ether oxygens (including phenoxy) is 1. The molecule has 0 bridgehead atoms. The summed E-state index contributed by atoms with van der Waals surface area (Å²) in [7, 11) is -4.31. The Kier molecular flexibility index (Phi) is 11.3. The number of para-hydroxylation sites is 1. The number of aromatic nitrogens is 1. The molecule has 2 aliphatic heterocycles. The number of nitrogens with one attached hydrogen (secondary N) is 2. The quantitative estimate of drug-likeness (QED) is 0.192. The number of morpholine rings is 1. The lowest BCUT2D eigenvalue weighted by Gasteiger charge is -2.37. The molecule has 12 nitrogen and oxygen atoms in total. The number of carbonyl (C=O) groups excluding carboxylic acids is 5. The van der Waals surface area contributed by atoms with Crippen molar-refractivity contribution in [2.24, 2.45) is 50.7 Å². The van der Waals surface area contributed by atoms with Gasteiger partial charge < -0.3 is 19.5 Å². The fraction of sp³-hybridized carbons (Fsp3) is 0.688. The normalized spacial score (nSPS) is 29.2. The van der Waals surface area contributed by atoms with Crippen molar-refractivity contribution in [1.82, 2.24) is 19.5 Å². The van der Waals surface area contributed by atoms with Crippen LogP contribution in [-0.4, -0.2) is 91.4 Å². The van der Waals surface area contributed by atoms with Gasteiger partial charge in [-0.1, -0.05) is 78.5 Å². The lowest BCUT2D eigenvalue weighted by atomic mass is 9.73. The zero-order valence-corrected chi connectivity index (χ0v) is 37.7. The Morgan fingerprint density at radius 3 is 2.26 bits per heavy atom. The van der Waals surface area contributed by atoms with Crippen LogP contribution in [0.3, 0.4) is 0 Å². The molecule has 6 aliphatic rings. The molecule has 8 rings (SSSR count). The van der Waals surface area contributed by atoms with Crippen LogP contribution >= 0.6 is 0 Å². The maximum Gasteiger partial charge on any atom is 0.266 e. The topological polar surface area (TPSA) is 163 Å². The number of aromatic amines is 1. The van der Waals surface area contributed by atoms with E-state index in [1.165, 1.54) is 6.07 Å². The van der Waals surface area contributed by atoms with Crippen LogP contribution in [-0.2, 0) is 38.7 Å². The third kappa shape index (κ3) is 7.31. The summed E-state index contributed by atoms with van der Waals surface area (Å²) in [6, 6.07) is 5.76. The fourth-order valence-corrected chi connectivity index (χ4v) is 14.1. The second kappa shape index (κ2) is 15.7. The molecule has 0 radical (unpaired) electrons. The molecule has 2 N–H and O–H groups in total. The summed E-state index contributed by atoms with van der Waals surface area (Å²) in [6.45, 7) is 16.7. The van der Waals surface area contributed by atoms with E-state index in [1.54, 1.807) is 35.4 Å². The molecule has 2 aromatic rings. The number of hydrogen-bond donors (Lipinski definition) is 2. The monoisotopic (exact) mass is 858 g/mol. The van der Waals surface area contributed by atoms with Crippen molar-refractivity contribution < 1.29 is 37.1 Å². The maximum absolute atomic E-state index is 15.3. The van der Waals surface area contributed by atoms with Gasteiger partial charge in [0.1, 0.15) is 10.7 Å². The summed E-state index contributed by atoms with van der Waals surface area (Å²) < 4.78 is 35.3. The molecule has 2 saturated heterocycles. The zero-order valence-electron chi connectivity index (χ0n) is 36.9. The minimum Gasteiger partial charge on any atom is -0.378 e. The van der Waals surface area contributed by atoms with Crippen LogP contribution in [0.1, 0.15) is 118 Å². The number of rotatable bonds is 14. The number of sulfonamides is 1. The Morgan fingerprint density at radius 2 is 1.66 bits per heavy atom. The Labute approximate surface area is 361 Å². The molecular formula is C48H66N4O8S. The SMILES string of the molecule is C=C[C@@H]1C[C@]1(CC(=O)[C@@H]1C[C@@]2(CN1C(=O)[C@@H](CC(=O)C[C@H](C(=O)N1CCOCC1)C1CCCCC1)C(C)(C)C)C(C)(C)C21CCC1)C(=O)NS(=O)(=O)c1cccc2cc[nH]c12. The number of fused-ring (bicyclic) bond motifs is 2. The van der Waals surface area contributed by atoms with E-state index in [2.05, 4.69) is 30.1 Å². The lowest BCUT2D eigenvalue weighted by Crippen LogP contribution is -2.49. The van der Waals surface area contributed by atoms with Gasteiger partial charge in [0, 0.05) is 67.7 Å². The van der Waals surface area contributed by atoms with Crippen molar-refractivity contribution in [3.63, 3.8) is 0 Å². The van der Waals surface area contributed by atoms with E-state index in [4.69, 9.17) is 4.74 Å². The van der Waals surface area contributed by atoms with Crippen LogP contribution < -0.4 is 4.72 Å². The molecule has 6 fully saturated rings. The second-order valence-electron chi connectivity index (χ2n) is 21.1. The Bertz CT molecular complexity index is 2210. The maximum atomic E-state index is 15.3. The molecular weight excluding hydrogens is 793 g/mol. The van der Waals surface area contributed by atoms with Gasteiger partial charge >= 0.3 is 0 Å². The molecule has 2 spiro atoms. The first kappa shape index (κ1) is 43.8. The highest BCUT2D eigenvalue weighted by Gasteiger charge is 2.85. The fourth-order valence-electron chi connectivity index (χ4n) is 12.8. The van der Waals surface area contributed by atoms with Crippen LogP contribution in [0.25, 0.3) is 10.9 Å². The minimum atomic E-state index is -4.31. The molecule has 1 aromatic carbocycles. The predicted octanol–water partition coefficient (Wildman–Crippen LogP) is 6.99. The highest BCUT2D eigenvalue weighted by molar-refractivity contribution is 7.90. The third-order valence-corrected chi connectivity index (χ3v) is 18.3. The van der Waals surface area contributed by atoms with Gasteiger partial charge in [-0.25, -0.2) is 13.1 Å². The first-order chi connectivity index (χ1) is 28.8. The molecule has 61 heavy (non-hydrogen) atoms. The van der Waals surface area contributed by atoms with Gasteiger partial charge in [-0.2, -0.15) is 0 Å². The van der Waals surface area contributed by atoms with E-state index >= 15 is 4.79 Å². The summed E-state index contributed by atoms with van der Waals surface area (Å²) in [5.41, 5.74) is -1.97. The van der Waals surface area contributed by atoms with Crippen LogP contribution in [0.4, 0.5) is 0 Å². The Hall–Kier alpha value is -3.84. The van der Waals surface area contributed by atoms with Crippen LogP contribution in [0.15, 0.2) is 48.0 Å². The first-order valence-corrected chi connectivity index (χ1v) is 24.3. The first-order valence-electron chi connectivity index (χ1n) is 22.8. The van der Waals surface area contributed by atoms with E-state index < -0.39 is 50.6 Å². The van der Waals surface area contributed by atoms with Gasteiger partial charge in [0.25, 0.3) is 10.0 Å². The van der Waals surface area contributed by atoms with Crippen molar-refractivity contribution in [3.05, 3.63) is 43.1 Å². The number of allylic oxidation sites excluding steroid dienone is 1. The average molecular weight is 859 g/mol. The van der Waals surface area contributed by atoms with Crippen molar-refractivity contribution in [1.29, 1.82) is 0 Å². The Balaban J connectivity index is 1.05. The van der Waals surface area contributed by atoms with Gasteiger partial charge in [0.05, 0.1) is 30.2 Å². The van der Waals surface area contributed by atoms with Crippen LogP contribution in [0, 0.1) is 50.7 Å². The molecule has 3 amide bonds. The number of hydrogen-bond acceptors (Lipinski definition) is 8. The minimum absolute atomic E-state index is 0.0128. The van der Waals surface area contributed by atoms with Crippen molar-refractivity contribution >= 4 is 50.2 Å². The number of Topliss-reactive ketones (excluding diaryl/α,β-unsaturated/α-hetero) is 2. The summed E-state index contributed by atoms with van der Waals surface area (Å²) in [5.74, 6) is -2.82. The average Bonchev–Trinajstić information content (AvgIpc) is 3.72. The number of likely N-dealkylation sites (tertiary alicyclic amines) is 1. The standard InChI is InChI=1S/C48H66N4O8S/c1-7-33-27-46(33,43(57)50-61(58,59)39-16-11-15-32-17-20-49-40(32)39)29-38(54)37-28-48(45(5,6)47(48)18-12-19-47)30-52(37)42(56)36(44(2,3)4)26-34(53)25-35(31-13-9-8-10-14-31)41(55)51-21-23-60-24-22-51/h7,11,15-17,20,31,33,35-37,49H,1,8-10,12-14,18-19,21-30H2,2-6H3,(H,50,57)/t33-,35+,36-,37+,46-,48-/m1/s1. The third-order valence-electron chi connectivity index (χ3n) is 17.0. The van der Waals surface area contributed by atoms with Gasteiger partial charge in [0.2, 0.25) is 17.7 Å². The molecule has 4 saturated carbocycles. The number of amides is 3. The van der Waals surface area contributed by atoms with E-state index in [0.29, 0.717) is 50.2 Å². The van der Waals surface area contributed by atoms with Crippen LogP contribution in [0.2, 0.25) is 0 Å². The molecule has 332 valence electrons. The second-order valence-corrected chi connectivity index (χ2v) is 22.8. The van der Waals surface area contributed by atoms with Gasteiger partial charge in [-0.15, -0.1) is 6.58 Å². The predicted molar refractivity (Wildman–Crippen MR) is 231 cm³/mol. The number of ketones is 2. The number of benzene rings is 1. The zero-order chi connectivity index (χ0) is 43.8. The van der Waals surface area contributed by atoms with Gasteiger partial charge in [-0.05, 0) is 78.7 Å². The van der Waals surface area contributed by atoms with Gasteiger partial charge in [-0.3, -0.25) is 24.0 Å². The van der Waals surface area contributed by atoms with E-state index in [0.717, 1.165) is 51.4 Å². The molecule has 3 heterocycles. The summed E-state index contributed by atoms with van der Waals surface area (Å²) >= 11 is 0. The van der Waals surface area contributed by atoms with E-state index in [-0.39, 0.29) is 76.1 Å². The van der Waals surface area contributed by atoms with Crippen molar-refractivity contribution in [2.45, 2.75) is 129 Å². The number of H-pyrrole nitrogens is 1. The van der Waals surface area contributed by atoms with Crippen molar-refractivity contribution in [2.75, 3.05) is 32.8 Å². The van der Waals surface area contributed by atoms with Gasteiger partial charge in [0.15, 0.2) is 5.78 Å². The molecule has 6 atom stereocenters. The molecule has 4 aliphatic carbocycles.